The van der Waals surface area contributed by atoms with Gasteiger partial charge in [-0.3, -0.25) is 0 Å². The van der Waals surface area contributed by atoms with Gasteiger partial charge in [0.1, 0.15) is 22.5 Å². The van der Waals surface area contributed by atoms with Crippen LogP contribution in [0, 0.1) is 11.3 Å². The summed E-state index contributed by atoms with van der Waals surface area (Å²) in [5.74, 6) is -0.378. The predicted molar refractivity (Wildman–Crippen MR) is 80.3 cm³/mol. The first-order valence-electron chi connectivity index (χ1n) is 6.12. The van der Waals surface area contributed by atoms with E-state index in [0.29, 0.717) is 10.6 Å². The first-order valence-corrected chi connectivity index (χ1v) is 7.11. The molecule has 0 spiro atoms. The van der Waals surface area contributed by atoms with E-state index in [0.717, 1.165) is 11.8 Å². The molecule has 8 heteroatoms. The van der Waals surface area contributed by atoms with Crippen LogP contribution < -0.4 is 10.5 Å². The summed E-state index contributed by atoms with van der Waals surface area (Å²) in [4.78, 5) is 19.8. The van der Waals surface area contributed by atoms with E-state index in [1.54, 1.807) is 30.3 Å². The molecule has 2 aromatic rings. The first-order chi connectivity index (χ1) is 10.7. The van der Waals surface area contributed by atoms with Gasteiger partial charge in [0.25, 0.3) is 0 Å². The number of nitriles is 1. The molecule has 0 atom stereocenters. The maximum absolute atomic E-state index is 12.0. The fourth-order valence-electron chi connectivity index (χ4n) is 1.52. The molecule has 7 nitrogen and oxygen atoms in total. The van der Waals surface area contributed by atoms with E-state index >= 15 is 0 Å². The lowest BCUT2D eigenvalue weighted by molar-refractivity contribution is 0.0718. The van der Waals surface area contributed by atoms with Gasteiger partial charge in [-0.1, -0.05) is 30.0 Å². The number of carbonyl (C=O) groups excluding carboxylic acids is 1. The van der Waals surface area contributed by atoms with E-state index in [2.05, 4.69) is 9.97 Å². The number of nitrogens with two attached hydrogens (primary N) is 1. The third-order valence-electron chi connectivity index (χ3n) is 2.50. The van der Waals surface area contributed by atoms with Crippen molar-refractivity contribution in [3.8, 4) is 12.1 Å². The molecule has 1 heterocycles. The lowest BCUT2D eigenvalue weighted by Gasteiger charge is -2.08. The molecular weight excluding hydrogens is 304 g/mol. The Morgan fingerprint density at radius 2 is 2.09 bits per heavy atom. The minimum atomic E-state index is -0.604. The number of nitrogens with zero attached hydrogens (tertiary/aromatic N) is 3. The minimum Gasteiger partial charge on any atom is -0.387 e. The quantitative estimate of drug-likeness (QED) is 0.385. The third kappa shape index (κ3) is 3.72. The van der Waals surface area contributed by atoms with Crippen LogP contribution in [-0.2, 0) is 4.74 Å². The molecule has 112 valence electrons. The normalized spacial score (nSPS) is 10.0. The standard InChI is InChI=1S/C14H12N4O3S/c1-20-8-22-12-10(7-15)11(16)17-14(18-12)21-13(19)9-5-3-2-4-6-9/h2-6H,8H2,1H3,(H2,16,17,18). The Morgan fingerprint density at radius 3 is 2.73 bits per heavy atom. The van der Waals surface area contributed by atoms with Crippen molar-refractivity contribution >= 4 is 23.5 Å². The van der Waals surface area contributed by atoms with E-state index in [1.165, 1.54) is 7.11 Å². The number of nitrogen functional groups attached to an aromatic ring is 1. The van der Waals surface area contributed by atoms with Crippen molar-refractivity contribution in [1.82, 2.24) is 9.97 Å². The zero-order valence-corrected chi connectivity index (χ0v) is 12.5. The average Bonchev–Trinajstić information content (AvgIpc) is 2.53. The van der Waals surface area contributed by atoms with Crippen LogP contribution in [0.5, 0.6) is 6.01 Å². The van der Waals surface area contributed by atoms with Crippen LogP contribution in [0.3, 0.4) is 0 Å². The van der Waals surface area contributed by atoms with Crippen LogP contribution in [-0.4, -0.2) is 29.0 Å². The number of hydrogen-bond donors (Lipinski definition) is 1. The Bertz CT molecular complexity index is 716. The predicted octanol–water partition coefficient (Wildman–Crippen LogP) is 1.85. The number of hydrogen-bond acceptors (Lipinski definition) is 8. The van der Waals surface area contributed by atoms with Crippen molar-refractivity contribution in [2.24, 2.45) is 0 Å². The number of benzene rings is 1. The van der Waals surface area contributed by atoms with Crippen LogP contribution in [0.25, 0.3) is 0 Å². The monoisotopic (exact) mass is 316 g/mol. The largest absolute Gasteiger partial charge is 0.387 e. The highest BCUT2D eigenvalue weighted by Crippen LogP contribution is 2.26. The zero-order chi connectivity index (χ0) is 15.9. The lowest BCUT2D eigenvalue weighted by atomic mass is 10.2. The Kier molecular flexibility index (Phi) is 5.30. The number of rotatable bonds is 5. The van der Waals surface area contributed by atoms with E-state index in [4.69, 9.17) is 20.5 Å². The summed E-state index contributed by atoms with van der Waals surface area (Å²) in [7, 11) is 1.51. The van der Waals surface area contributed by atoms with E-state index in [9.17, 15) is 4.79 Å². The Morgan fingerprint density at radius 1 is 1.36 bits per heavy atom. The Balaban J connectivity index is 2.26. The van der Waals surface area contributed by atoms with Gasteiger partial charge in [0, 0.05) is 7.11 Å². The number of aromatic nitrogens is 2. The van der Waals surface area contributed by atoms with Gasteiger partial charge in [-0.05, 0) is 12.1 Å². The summed E-state index contributed by atoms with van der Waals surface area (Å²) in [6.45, 7) is 0. The molecule has 0 unspecified atom stereocenters. The van der Waals surface area contributed by atoms with Crippen LogP contribution >= 0.6 is 11.8 Å². The molecule has 2 rings (SSSR count). The fraction of sp³-hybridized carbons (Fsp3) is 0.143. The van der Waals surface area contributed by atoms with Crippen LogP contribution in [0.15, 0.2) is 35.4 Å². The third-order valence-corrected chi connectivity index (χ3v) is 3.42. The summed E-state index contributed by atoms with van der Waals surface area (Å²) in [6.07, 6.45) is 0. The summed E-state index contributed by atoms with van der Waals surface area (Å²) in [5.41, 5.74) is 6.19. The highest BCUT2D eigenvalue weighted by molar-refractivity contribution is 7.99. The van der Waals surface area contributed by atoms with E-state index < -0.39 is 5.97 Å². The number of methoxy groups -OCH3 is 1. The number of esters is 1. The Hall–Kier alpha value is -2.63. The van der Waals surface area contributed by atoms with Gasteiger partial charge in [-0.2, -0.15) is 15.2 Å². The van der Waals surface area contributed by atoms with Gasteiger partial charge < -0.3 is 15.2 Å². The SMILES string of the molecule is COCSc1nc(OC(=O)c2ccccc2)nc(N)c1C#N. The van der Waals surface area contributed by atoms with Gasteiger partial charge in [0.2, 0.25) is 0 Å². The van der Waals surface area contributed by atoms with Crippen molar-refractivity contribution < 1.29 is 14.3 Å². The summed E-state index contributed by atoms with van der Waals surface area (Å²) in [5, 5.41) is 9.38. The smallest absolute Gasteiger partial charge is 0.345 e. The van der Waals surface area contributed by atoms with E-state index in [-0.39, 0.29) is 23.3 Å². The molecular formula is C14H12N4O3S. The minimum absolute atomic E-state index is 0.0491. The van der Waals surface area contributed by atoms with Crippen molar-refractivity contribution in [1.29, 1.82) is 5.26 Å². The van der Waals surface area contributed by atoms with Crippen LogP contribution in [0.2, 0.25) is 0 Å². The number of anilines is 1. The second kappa shape index (κ2) is 7.40. The van der Waals surface area contributed by atoms with Gasteiger partial charge in [-0.15, -0.1) is 0 Å². The molecule has 0 aliphatic carbocycles. The molecule has 0 saturated carbocycles. The maximum atomic E-state index is 12.0. The van der Waals surface area contributed by atoms with Crippen molar-refractivity contribution in [2.45, 2.75) is 5.03 Å². The van der Waals surface area contributed by atoms with Crippen LogP contribution in [0.1, 0.15) is 15.9 Å². The van der Waals surface area contributed by atoms with Gasteiger partial charge in [0.15, 0.2) is 0 Å². The van der Waals surface area contributed by atoms with Gasteiger partial charge in [0.05, 0.1) is 11.5 Å². The molecule has 0 radical (unpaired) electrons. The molecule has 0 bridgehead atoms. The second-order valence-corrected chi connectivity index (χ2v) is 4.90. The molecule has 0 amide bonds. The molecule has 2 N–H and O–H groups in total. The molecule has 22 heavy (non-hydrogen) atoms. The van der Waals surface area contributed by atoms with Gasteiger partial charge in [-0.25, -0.2) is 4.79 Å². The number of ether oxygens (including phenoxy) is 2. The number of carbonyl (C=O) groups is 1. The second-order valence-electron chi connectivity index (χ2n) is 3.99. The molecule has 0 aliphatic rings. The van der Waals surface area contributed by atoms with Crippen LogP contribution in [0.4, 0.5) is 5.82 Å². The molecule has 1 aromatic carbocycles. The summed E-state index contributed by atoms with van der Waals surface area (Å²) >= 11 is 1.16. The molecule has 1 aromatic heterocycles. The highest BCUT2D eigenvalue weighted by atomic mass is 32.2. The van der Waals surface area contributed by atoms with Crippen molar-refractivity contribution in [3.63, 3.8) is 0 Å². The zero-order valence-electron chi connectivity index (χ0n) is 11.6. The topological polar surface area (TPSA) is 111 Å². The van der Waals surface area contributed by atoms with Crippen molar-refractivity contribution in [3.05, 3.63) is 41.5 Å². The highest BCUT2D eigenvalue weighted by Gasteiger charge is 2.16. The average molecular weight is 316 g/mol. The van der Waals surface area contributed by atoms with Gasteiger partial charge >= 0.3 is 12.0 Å². The molecule has 0 aliphatic heterocycles. The summed E-state index contributed by atoms with van der Waals surface area (Å²) < 4.78 is 10.0. The summed E-state index contributed by atoms with van der Waals surface area (Å²) in [6, 6.07) is 10.1. The maximum Gasteiger partial charge on any atom is 0.345 e. The Labute approximate surface area is 131 Å². The molecule has 0 fully saturated rings. The fourth-order valence-corrected chi connectivity index (χ4v) is 2.19. The molecule has 0 saturated heterocycles. The van der Waals surface area contributed by atoms with Crippen molar-refractivity contribution in [2.75, 3.05) is 18.8 Å². The van der Waals surface area contributed by atoms with E-state index in [1.807, 2.05) is 6.07 Å². The number of thioether (sulfide) groups is 1. The lowest BCUT2D eigenvalue weighted by Crippen LogP contribution is -2.12. The first kappa shape index (κ1) is 15.8.